The summed E-state index contributed by atoms with van der Waals surface area (Å²) in [4.78, 5) is 14.1. The van der Waals surface area contributed by atoms with Crippen LogP contribution in [0.3, 0.4) is 0 Å². The van der Waals surface area contributed by atoms with E-state index in [9.17, 15) is 9.00 Å². The molecular formula is C15H22N2O3S. The van der Waals surface area contributed by atoms with Crippen LogP contribution in [0.5, 0.6) is 0 Å². The maximum atomic E-state index is 12.4. The standard InChI is InChI=1S/C15H22N2O3S/c1-11-8-17(9-12(2)20-11)15(18)16-14-7-5-4-6-13(14)10-21(3)19/h4-7,11-12H,8-10H2,1-3H3,(H,16,18)/t11-,12-,21+/m1/s1. The molecule has 1 N–H and O–H groups in total. The van der Waals surface area contributed by atoms with Crippen molar-refractivity contribution in [3.63, 3.8) is 0 Å². The minimum absolute atomic E-state index is 0.0397. The van der Waals surface area contributed by atoms with E-state index in [4.69, 9.17) is 4.74 Å². The third-order valence-electron chi connectivity index (χ3n) is 3.32. The minimum Gasteiger partial charge on any atom is -0.372 e. The molecule has 2 amide bonds. The van der Waals surface area contributed by atoms with Crippen molar-refractivity contribution >= 4 is 22.5 Å². The third-order valence-corrected chi connectivity index (χ3v) is 4.04. The Bertz CT molecular complexity index is 525. The molecule has 1 aromatic rings. The lowest BCUT2D eigenvalue weighted by Gasteiger charge is -2.35. The molecule has 1 aliphatic rings. The van der Waals surface area contributed by atoms with Gasteiger partial charge in [0.05, 0.1) is 18.0 Å². The van der Waals surface area contributed by atoms with Gasteiger partial charge in [0.2, 0.25) is 0 Å². The molecule has 0 spiro atoms. The molecule has 1 saturated heterocycles. The van der Waals surface area contributed by atoms with Gasteiger partial charge in [-0.25, -0.2) is 4.79 Å². The summed E-state index contributed by atoms with van der Waals surface area (Å²) in [5.41, 5.74) is 1.62. The number of urea groups is 1. The summed E-state index contributed by atoms with van der Waals surface area (Å²) in [6, 6.07) is 7.35. The van der Waals surface area contributed by atoms with Crippen molar-refractivity contribution in [1.82, 2.24) is 4.90 Å². The molecule has 21 heavy (non-hydrogen) atoms. The Kier molecular flexibility index (Phi) is 5.36. The summed E-state index contributed by atoms with van der Waals surface area (Å²) < 4.78 is 17.0. The van der Waals surface area contributed by atoms with Gasteiger partial charge in [-0.15, -0.1) is 0 Å². The van der Waals surface area contributed by atoms with E-state index >= 15 is 0 Å². The fraction of sp³-hybridized carbons (Fsp3) is 0.533. The Morgan fingerprint density at radius 1 is 1.33 bits per heavy atom. The van der Waals surface area contributed by atoms with Gasteiger partial charge in [0.15, 0.2) is 0 Å². The Balaban J connectivity index is 2.07. The molecule has 2 rings (SSSR count). The highest BCUT2D eigenvalue weighted by atomic mass is 32.2. The van der Waals surface area contributed by atoms with Crippen LogP contribution in [0.15, 0.2) is 24.3 Å². The lowest BCUT2D eigenvalue weighted by atomic mass is 10.2. The van der Waals surface area contributed by atoms with E-state index < -0.39 is 10.8 Å². The molecule has 3 atom stereocenters. The number of carbonyl (C=O) groups is 1. The number of nitrogens with zero attached hydrogens (tertiary/aromatic N) is 1. The predicted molar refractivity (Wildman–Crippen MR) is 84.8 cm³/mol. The molecule has 1 aliphatic heterocycles. The molecule has 0 aliphatic carbocycles. The number of hydrogen-bond donors (Lipinski definition) is 1. The number of ether oxygens (including phenoxy) is 1. The molecule has 1 aromatic carbocycles. The quantitative estimate of drug-likeness (QED) is 0.931. The van der Waals surface area contributed by atoms with E-state index in [1.54, 1.807) is 11.2 Å². The Labute approximate surface area is 128 Å². The van der Waals surface area contributed by atoms with Crippen molar-refractivity contribution in [2.24, 2.45) is 0 Å². The van der Waals surface area contributed by atoms with E-state index in [1.807, 2.05) is 38.1 Å². The molecule has 1 fully saturated rings. The number of para-hydroxylation sites is 1. The third kappa shape index (κ3) is 4.54. The summed E-state index contributed by atoms with van der Waals surface area (Å²) >= 11 is 0. The zero-order valence-corrected chi connectivity index (χ0v) is 13.5. The number of anilines is 1. The summed E-state index contributed by atoms with van der Waals surface area (Å²) in [6.07, 6.45) is 1.74. The van der Waals surface area contributed by atoms with Crippen molar-refractivity contribution in [2.75, 3.05) is 24.7 Å². The van der Waals surface area contributed by atoms with Crippen molar-refractivity contribution in [3.8, 4) is 0 Å². The highest BCUT2D eigenvalue weighted by Gasteiger charge is 2.26. The summed E-state index contributed by atoms with van der Waals surface area (Å²) in [5.74, 6) is 0.437. The van der Waals surface area contributed by atoms with Crippen LogP contribution < -0.4 is 5.32 Å². The predicted octanol–water partition coefficient (Wildman–Crippen LogP) is 2.21. The number of morpholine rings is 1. The average Bonchev–Trinajstić information content (AvgIpc) is 2.39. The van der Waals surface area contributed by atoms with Gasteiger partial charge in [-0.2, -0.15) is 0 Å². The SMILES string of the molecule is C[C@@H]1CN(C(=O)Nc2ccccc2C[S@](C)=O)C[C@@H](C)O1. The van der Waals surface area contributed by atoms with E-state index in [0.29, 0.717) is 18.8 Å². The second-order valence-corrected chi connectivity index (χ2v) is 6.90. The molecule has 0 unspecified atom stereocenters. The lowest BCUT2D eigenvalue weighted by molar-refractivity contribution is -0.0530. The summed E-state index contributed by atoms with van der Waals surface area (Å²) in [7, 11) is -0.943. The Morgan fingerprint density at radius 2 is 1.95 bits per heavy atom. The van der Waals surface area contributed by atoms with Gasteiger partial charge < -0.3 is 15.0 Å². The number of amides is 2. The van der Waals surface area contributed by atoms with Crippen molar-refractivity contribution in [1.29, 1.82) is 0 Å². The molecule has 0 bridgehead atoms. The maximum Gasteiger partial charge on any atom is 0.322 e. The number of hydrogen-bond acceptors (Lipinski definition) is 3. The fourth-order valence-corrected chi connectivity index (χ4v) is 3.21. The Hall–Kier alpha value is -1.40. The van der Waals surface area contributed by atoms with Gasteiger partial charge in [0, 0.05) is 35.8 Å². The van der Waals surface area contributed by atoms with E-state index in [1.165, 1.54) is 0 Å². The van der Waals surface area contributed by atoms with Crippen LogP contribution in [0.25, 0.3) is 0 Å². The first-order valence-corrected chi connectivity index (χ1v) is 8.77. The highest BCUT2D eigenvalue weighted by molar-refractivity contribution is 7.83. The summed E-state index contributed by atoms with van der Waals surface area (Å²) in [6.45, 7) is 5.09. The molecule has 116 valence electrons. The molecule has 1 heterocycles. The first kappa shape index (κ1) is 16.0. The van der Waals surface area contributed by atoms with Gasteiger partial charge in [-0.3, -0.25) is 4.21 Å². The van der Waals surface area contributed by atoms with Gasteiger partial charge >= 0.3 is 6.03 Å². The van der Waals surface area contributed by atoms with Crippen molar-refractivity contribution in [3.05, 3.63) is 29.8 Å². The molecule has 6 heteroatoms. The van der Waals surface area contributed by atoms with Crippen LogP contribution in [0.2, 0.25) is 0 Å². The molecule has 0 radical (unpaired) electrons. The fourth-order valence-electron chi connectivity index (χ4n) is 2.53. The van der Waals surface area contributed by atoms with Gasteiger partial charge in [0.1, 0.15) is 0 Å². The van der Waals surface area contributed by atoms with Crippen LogP contribution in [-0.4, -0.2) is 46.7 Å². The molecule has 5 nitrogen and oxygen atoms in total. The van der Waals surface area contributed by atoms with E-state index in [2.05, 4.69) is 5.32 Å². The van der Waals surface area contributed by atoms with Gasteiger partial charge in [-0.1, -0.05) is 18.2 Å². The number of nitrogens with one attached hydrogen (secondary N) is 1. The highest BCUT2D eigenvalue weighted by Crippen LogP contribution is 2.18. The van der Waals surface area contributed by atoms with Crippen LogP contribution >= 0.6 is 0 Å². The largest absolute Gasteiger partial charge is 0.372 e. The van der Waals surface area contributed by atoms with Gasteiger partial charge in [0.25, 0.3) is 0 Å². The Morgan fingerprint density at radius 3 is 2.57 bits per heavy atom. The maximum absolute atomic E-state index is 12.4. The van der Waals surface area contributed by atoms with Crippen molar-refractivity contribution < 1.29 is 13.7 Å². The molecule has 0 aromatic heterocycles. The number of carbonyl (C=O) groups excluding carboxylic acids is 1. The number of benzene rings is 1. The van der Waals surface area contributed by atoms with E-state index in [0.717, 1.165) is 11.3 Å². The zero-order valence-electron chi connectivity index (χ0n) is 12.7. The second kappa shape index (κ2) is 7.04. The first-order chi connectivity index (χ1) is 9.95. The summed E-state index contributed by atoms with van der Waals surface area (Å²) in [5, 5.41) is 2.92. The first-order valence-electron chi connectivity index (χ1n) is 7.05. The van der Waals surface area contributed by atoms with E-state index in [-0.39, 0.29) is 18.2 Å². The number of rotatable bonds is 3. The molecular weight excluding hydrogens is 288 g/mol. The topological polar surface area (TPSA) is 58.6 Å². The second-order valence-electron chi connectivity index (χ2n) is 5.47. The van der Waals surface area contributed by atoms with Crippen LogP contribution in [0.4, 0.5) is 10.5 Å². The normalized spacial score (nSPS) is 23.7. The van der Waals surface area contributed by atoms with Crippen LogP contribution in [-0.2, 0) is 21.3 Å². The van der Waals surface area contributed by atoms with Gasteiger partial charge in [-0.05, 0) is 25.5 Å². The minimum atomic E-state index is -0.943. The van der Waals surface area contributed by atoms with Crippen LogP contribution in [0.1, 0.15) is 19.4 Å². The monoisotopic (exact) mass is 310 g/mol. The smallest absolute Gasteiger partial charge is 0.322 e. The zero-order chi connectivity index (χ0) is 15.4. The van der Waals surface area contributed by atoms with Crippen LogP contribution in [0, 0.1) is 0 Å². The lowest BCUT2D eigenvalue weighted by Crippen LogP contribution is -2.49. The molecule has 0 saturated carbocycles. The van der Waals surface area contributed by atoms with Crippen molar-refractivity contribution in [2.45, 2.75) is 31.8 Å². The average molecular weight is 310 g/mol.